The van der Waals surface area contributed by atoms with E-state index < -0.39 is 0 Å². The molecule has 0 saturated heterocycles. The quantitative estimate of drug-likeness (QED) is 0.926. The predicted molar refractivity (Wildman–Crippen MR) is 79.7 cm³/mol. The second-order valence-electron chi connectivity index (χ2n) is 5.79. The number of nitrogens with zero attached hydrogens (tertiary/aromatic N) is 1. The molecule has 0 amide bonds. The minimum atomic E-state index is -0.0527. The summed E-state index contributed by atoms with van der Waals surface area (Å²) >= 11 is 0. The molecule has 1 saturated carbocycles. The number of aromatic nitrogens is 1. The first kappa shape index (κ1) is 13.4. The Morgan fingerprint density at radius 3 is 2.70 bits per heavy atom. The van der Waals surface area contributed by atoms with Crippen LogP contribution in [0.2, 0.25) is 0 Å². The van der Waals surface area contributed by atoms with Crippen molar-refractivity contribution in [3.8, 4) is 5.75 Å². The summed E-state index contributed by atoms with van der Waals surface area (Å²) < 4.78 is 6.21. The third-order valence-corrected chi connectivity index (χ3v) is 4.15. The maximum atomic E-state index is 9.34. The lowest BCUT2D eigenvalue weighted by molar-refractivity contribution is 0.137. The number of para-hydroxylation sites is 1. The van der Waals surface area contributed by atoms with E-state index in [-0.39, 0.29) is 6.61 Å². The van der Waals surface area contributed by atoms with Crippen LogP contribution in [-0.2, 0) is 6.61 Å². The van der Waals surface area contributed by atoms with Crippen LogP contribution in [0.15, 0.2) is 30.3 Å². The van der Waals surface area contributed by atoms with Crippen LogP contribution in [0.5, 0.6) is 5.75 Å². The zero-order valence-corrected chi connectivity index (χ0v) is 11.9. The number of hydrogen-bond donors (Lipinski definition) is 1. The number of hydrogen-bond acceptors (Lipinski definition) is 3. The molecule has 0 bridgehead atoms. The van der Waals surface area contributed by atoms with Gasteiger partial charge in [-0.15, -0.1) is 0 Å². The highest BCUT2D eigenvalue weighted by atomic mass is 16.5. The molecule has 0 spiro atoms. The van der Waals surface area contributed by atoms with Crippen LogP contribution in [0.25, 0.3) is 10.9 Å². The molecule has 2 aromatic rings. The van der Waals surface area contributed by atoms with Gasteiger partial charge in [-0.25, -0.2) is 0 Å². The SMILES string of the molecule is CC1CCC(Oc2cc(CO)nc3ccccc23)CC1. The summed E-state index contributed by atoms with van der Waals surface area (Å²) in [6, 6.07) is 9.83. The molecule has 3 rings (SSSR count). The Morgan fingerprint density at radius 2 is 1.95 bits per heavy atom. The van der Waals surface area contributed by atoms with E-state index in [1.54, 1.807) is 0 Å². The van der Waals surface area contributed by atoms with Gasteiger partial charge in [0.2, 0.25) is 0 Å². The highest BCUT2D eigenvalue weighted by Crippen LogP contribution is 2.31. The first-order valence-electron chi connectivity index (χ1n) is 7.42. The van der Waals surface area contributed by atoms with Crippen molar-refractivity contribution in [2.45, 2.75) is 45.3 Å². The lowest BCUT2D eigenvalue weighted by Gasteiger charge is -2.27. The molecule has 106 valence electrons. The van der Waals surface area contributed by atoms with E-state index in [1.807, 2.05) is 30.3 Å². The molecule has 20 heavy (non-hydrogen) atoms. The van der Waals surface area contributed by atoms with E-state index in [0.29, 0.717) is 11.8 Å². The molecule has 0 unspecified atom stereocenters. The zero-order valence-electron chi connectivity index (χ0n) is 11.9. The fourth-order valence-corrected chi connectivity index (χ4v) is 2.90. The summed E-state index contributed by atoms with van der Waals surface area (Å²) in [4.78, 5) is 4.43. The van der Waals surface area contributed by atoms with Gasteiger partial charge in [0.05, 0.1) is 23.9 Å². The van der Waals surface area contributed by atoms with Crippen LogP contribution in [-0.4, -0.2) is 16.2 Å². The van der Waals surface area contributed by atoms with Crippen LogP contribution in [0.4, 0.5) is 0 Å². The minimum absolute atomic E-state index is 0.0527. The van der Waals surface area contributed by atoms with Gasteiger partial charge in [0.25, 0.3) is 0 Å². The van der Waals surface area contributed by atoms with Crippen molar-refractivity contribution in [2.24, 2.45) is 5.92 Å². The highest BCUT2D eigenvalue weighted by Gasteiger charge is 2.20. The summed E-state index contributed by atoms with van der Waals surface area (Å²) in [7, 11) is 0. The fourth-order valence-electron chi connectivity index (χ4n) is 2.90. The topological polar surface area (TPSA) is 42.4 Å². The third-order valence-electron chi connectivity index (χ3n) is 4.15. The molecule has 1 N–H and O–H groups in total. The Hall–Kier alpha value is -1.61. The van der Waals surface area contributed by atoms with Crippen molar-refractivity contribution in [3.05, 3.63) is 36.0 Å². The number of rotatable bonds is 3. The van der Waals surface area contributed by atoms with Gasteiger partial charge in [-0.2, -0.15) is 0 Å². The molecule has 1 fully saturated rings. The predicted octanol–water partition coefficient (Wildman–Crippen LogP) is 3.68. The van der Waals surface area contributed by atoms with Gasteiger partial charge in [-0.05, 0) is 43.7 Å². The summed E-state index contributed by atoms with van der Waals surface area (Å²) in [5.74, 6) is 1.68. The van der Waals surface area contributed by atoms with Gasteiger partial charge in [0.15, 0.2) is 0 Å². The van der Waals surface area contributed by atoms with Crippen LogP contribution in [0.1, 0.15) is 38.3 Å². The Morgan fingerprint density at radius 1 is 1.20 bits per heavy atom. The van der Waals surface area contributed by atoms with E-state index in [1.165, 1.54) is 12.8 Å². The lowest BCUT2D eigenvalue weighted by atomic mass is 9.89. The van der Waals surface area contributed by atoms with Gasteiger partial charge >= 0.3 is 0 Å². The minimum Gasteiger partial charge on any atom is -0.490 e. The van der Waals surface area contributed by atoms with Crippen molar-refractivity contribution in [3.63, 3.8) is 0 Å². The maximum Gasteiger partial charge on any atom is 0.131 e. The fraction of sp³-hybridized carbons (Fsp3) is 0.471. The van der Waals surface area contributed by atoms with E-state index in [9.17, 15) is 5.11 Å². The Kier molecular flexibility index (Phi) is 3.88. The average molecular weight is 271 g/mol. The molecule has 1 aromatic carbocycles. The van der Waals surface area contributed by atoms with Crippen LogP contribution < -0.4 is 4.74 Å². The van der Waals surface area contributed by atoms with Crippen LogP contribution in [0, 0.1) is 5.92 Å². The first-order chi connectivity index (χ1) is 9.76. The van der Waals surface area contributed by atoms with Gasteiger partial charge in [0, 0.05) is 11.5 Å². The molecule has 3 nitrogen and oxygen atoms in total. The van der Waals surface area contributed by atoms with Crippen molar-refractivity contribution >= 4 is 10.9 Å². The van der Waals surface area contributed by atoms with E-state index in [4.69, 9.17) is 4.74 Å². The molecular formula is C17H21NO2. The number of aliphatic hydroxyl groups is 1. The first-order valence-corrected chi connectivity index (χ1v) is 7.42. The summed E-state index contributed by atoms with van der Waals surface area (Å²) in [5, 5.41) is 10.4. The molecule has 3 heteroatoms. The maximum absolute atomic E-state index is 9.34. The van der Waals surface area contributed by atoms with Crippen molar-refractivity contribution < 1.29 is 9.84 Å². The number of fused-ring (bicyclic) bond motifs is 1. The molecule has 0 aliphatic heterocycles. The van der Waals surface area contributed by atoms with Crippen molar-refractivity contribution in [1.29, 1.82) is 0 Å². The lowest BCUT2D eigenvalue weighted by Crippen LogP contribution is -2.23. The normalized spacial score (nSPS) is 22.9. The monoisotopic (exact) mass is 271 g/mol. The summed E-state index contributed by atoms with van der Waals surface area (Å²) in [6.07, 6.45) is 5.00. The largest absolute Gasteiger partial charge is 0.490 e. The molecule has 0 radical (unpaired) electrons. The number of benzene rings is 1. The molecule has 1 aliphatic rings. The van der Waals surface area contributed by atoms with Gasteiger partial charge in [-0.3, -0.25) is 4.98 Å². The van der Waals surface area contributed by atoms with Gasteiger partial charge in [0.1, 0.15) is 5.75 Å². The number of pyridine rings is 1. The van der Waals surface area contributed by atoms with Gasteiger partial charge in [-0.1, -0.05) is 19.1 Å². The number of ether oxygens (including phenoxy) is 1. The Bertz CT molecular complexity index is 589. The van der Waals surface area contributed by atoms with E-state index in [0.717, 1.165) is 35.4 Å². The number of aliphatic hydroxyl groups excluding tert-OH is 1. The average Bonchev–Trinajstić information content (AvgIpc) is 2.49. The zero-order chi connectivity index (χ0) is 13.9. The Labute approximate surface area is 119 Å². The summed E-state index contributed by atoms with van der Waals surface area (Å²) in [6.45, 7) is 2.25. The van der Waals surface area contributed by atoms with E-state index >= 15 is 0 Å². The Balaban J connectivity index is 1.89. The third kappa shape index (κ3) is 2.78. The molecule has 1 aromatic heterocycles. The highest BCUT2D eigenvalue weighted by molar-refractivity contribution is 5.85. The van der Waals surface area contributed by atoms with Crippen molar-refractivity contribution in [2.75, 3.05) is 0 Å². The van der Waals surface area contributed by atoms with E-state index in [2.05, 4.69) is 11.9 Å². The standard InChI is InChI=1S/C17H21NO2/c1-12-6-8-14(9-7-12)20-17-10-13(11-19)18-16-5-3-2-4-15(16)17/h2-5,10,12,14,19H,6-9,11H2,1H3. The molecular weight excluding hydrogens is 250 g/mol. The summed E-state index contributed by atoms with van der Waals surface area (Å²) in [5.41, 5.74) is 1.56. The van der Waals surface area contributed by atoms with Gasteiger partial charge < -0.3 is 9.84 Å². The second-order valence-corrected chi connectivity index (χ2v) is 5.79. The smallest absolute Gasteiger partial charge is 0.131 e. The van der Waals surface area contributed by atoms with Crippen molar-refractivity contribution in [1.82, 2.24) is 4.98 Å². The van der Waals surface area contributed by atoms with Crippen LogP contribution >= 0.6 is 0 Å². The molecule has 1 heterocycles. The van der Waals surface area contributed by atoms with Crippen LogP contribution in [0.3, 0.4) is 0 Å². The molecule has 0 atom stereocenters. The molecule has 1 aliphatic carbocycles. The second kappa shape index (κ2) is 5.80.